The minimum Gasteiger partial charge on any atom is -0.493 e. The Balaban J connectivity index is 2.21. The quantitative estimate of drug-likeness (QED) is 0.687. The standard InChI is InChI=1S/C18H15Cl2NO4/c1-23-15-5-3-4-11(18(15)24-2)16-13(9-22)17(25-21-16)12-8-10(19)6-7-14(12)20/h3-8,22H,9H2,1-2H3. The molecule has 5 nitrogen and oxygen atoms in total. The summed E-state index contributed by atoms with van der Waals surface area (Å²) in [5.74, 6) is 1.40. The van der Waals surface area contributed by atoms with Crippen LogP contribution in [-0.2, 0) is 6.61 Å². The zero-order valence-electron chi connectivity index (χ0n) is 13.5. The molecule has 0 unspecified atom stereocenters. The number of hydrogen-bond donors (Lipinski definition) is 1. The third kappa shape index (κ3) is 3.18. The van der Waals surface area contributed by atoms with Crippen LogP contribution in [0.25, 0.3) is 22.6 Å². The van der Waals surface area contributed by atoms with E-state index in [1.807, 2.05) is 6.07 Å². The summed E-state index contributed by atoms with van der Waals surface area (Å²) in [6, 6.07) is 10.4. The van der Waals surface area contributed by atoms with Gasteiger partial charge in [0, 0.05) is 10.6 Å². The number of aromatic nitrogens is 1. The van der Waals surface area contributed by atoms with E-state index in [1.54, 1.807) is 37.4 Å². The molecular formula is C18H15Cl2NO4. The van der Waals surface area contributed by atoms with Crippen LogP contribution in [0.15, 0.2) is 40.9 Å². The van der Waals surface area contributed by atoms with Crippen molar-refractivity contribution in [3.05, 3.63) is 52.0 Å². The van der Waals surface area contributed by atoms with Crippen LogP contribution in [0.4, 0.5) is 0 Å². The maximum atomic E-state index is 9.91. The summed E-state index contributed by atoms with van der Waals surface area (Å²) in [6.45, 7) is -0.294. The number of rotatable bonds is 5. The highest BCUT2D eigenvalue weighted by molar-refractivity contribution is 6.35. The zero-order chi connectivity index (χ0) is 18.0. The second-order valence-electron chi connectivity index (χ2n) is 5.16. The van der Waals surface area contributed by atoms with Crippen molar-refractivity contribution in [2.45, 2.75) is 6.61 Å². The van der Waals surface area contributed by atoms with Gasteiger partial charge in [0.1, 0.15) is 5.69 Å². The van der Waals surface area contributed by atoms with E-state index in [0.717, 1.165) is 0 Å². The van der Waals surface area contributed by atoms with Crippen LogP contribution in [0.5, 0.6) is 11.5 Å². The number of ether oxygens (including phenoxy) is 2. The summed E-state index contributed by atoms with van der Waals surface area (Å²) < 4.78 is 16.2. The van der Waals surface area contributed by atoms with Crippen molar-refractivity contribution in [1.82, 2.24) is 5.16 Å². The Morgan fingerprint density at radius 3 is 2.56 bits per heavy atom. The number of halogens is 2. The Labute approximate surface area is 154 Å². The highest BCUT2D eigenvalue weighted by Crippen LogP contribution is 2.42. The number of methoxy groups -OCH3 is 2. The van der Waals surface area contributed by atoms with E-state index in [9.17, 15) is 5.11 Å². The molecule has 2 aromatic carbocycles. The number of para-hydroxylation sites is 1. The first-order chi connectivity index (χ1) is 12.1. The Morgan fingerprint density at radius 1 is 1.08 bits per heavy atom. The molecule has 3 rings (SSSR count). The smallest absolute Gasteiger partial charge is 0.174 e. The lowest BCUT2D eigenvalue weighted by atomic mass is 10.0. The van der Waals surface area contributed by atoms with Gasteiger partial charge in [-0.3, -0.25) is 0 Å². The van der Waals surface area contributed by atoms with Gasteiger partial charge in [-0.15, -0.1) is 0 Å². The molecule has 1 N–H and O–H groups in total. The van der Waals surface area contributed by atoms with Crippen LogP contribution in [0, 0.1) is 0 Å². The molecule has 0 fully saturated rings. The molecule has 0 saturated carbocycles. The minimum absolute atomic E-state index is 0.294. The van der Waals surface area contributed by atoms with E-state index < -0.39 is 0 Å². The van der Waals surface area contributed by atoms with Crippen molar-refractivity contribution in [2.24, 2.45) is 0 Å². The van der Waals surface area contributed by atoms with Crippen LogP contribution >= 0.6 is 23.2 Å². The molecule has 7 heteroatoms. The maximum absolute atomic E-state index is 9.91. The number of aliphatic hydroxyl groups is 1. The van der Waals surface area contributed by atoms with Crippen molar-refractivity contribution >= 4 is 23.2 Å². The van der Waals surface area contributed by atoms with Crippen molar-refractivity contribution in [2.75, 3.05) is 14.2 Å². The van der Waals surface area contributed by atoms with Crippen molar-refractivity contribution < 1.29 is 19.1 Å². The lowest BCUT2D eigenvalue weighted by molar-refractivity contribution is 0.281. The molecule has 3 aromatic rings. The normalized spacial score (nSPS) is 10.8. The molecule has 0 atom stereocenters. The lowest BCUT2D eigenvalue weighted by Crippen LogP contribution is -1.95. The maximum Gasteiger partial charge on any atom is 0.174 e. The van der Waals surface area contributed by atoms with Crippen LogP contribution in [0.3, 0.4) is 0 Å². The highest BCUT2D eigenvalue weighted by Gasteiger charge is 2.23. The van der Waals surface area contributed by atoms with E-state index in [-0.39, 0.29) is 6.61 Å². The fourth-order valence-electron chi connectivity index (χ4n) is 2.62. The van der Waals surface area contributed by atoms with Gasteiger partial charge in [-0.1, -0.05) is 34.4 Å². The summed E-state index contributed by atoms with van der Waals surface area (Å²) in [6.07, 6.45) is 0. The highest BCUT2D eigenvalue weighted by atomic mass is 35.5. The van der Waals surface area contributed by atoms with Crippen LogP contribution in [0.1, 0.15) is 5.56 Å². The predicted octanol–water partition coefficient (Wildman–Crippen LogP) is 4.82. The molecular weight excluding hydrogens is 365 g/mol. The van der Waals surface area contributed by atoms with Crippen LogP contribution in [-0.4, -0.2) is 24.5 Å². The largest absolute Gasteiger partial charge is 0.493 e. The van der Waals surface area contributed by atoms with Crippen molar-refractivity contribution in [3.63, 3.8) is 0 Å². The van der Waals surface area contributed by atoms with Gasteiger partial charge in [-0.25, -0.2) is 0 Å². The van der Waals surface area contributed by atoms with Gasteiger partial charge in [0.25, 0.3) is 0 Å². The lowest BCUT2D eigenvalue weighted by Gasteiger charge is -2.11. The van der Waals surface area contributed by atoms with E-state index in [0.29, 0.717) is 49.7 Å². The molecule has 0 spiro atoms. The molecule has 0 radical (unpaired) electrons. The molecule has 0 saturated heterocycles. The van der Waals surface area contributed by atoms with E-state index in [4.69, 9.17) is 37.2 Å². The van der Waals surface area contributed by atoms with Gasteiger partial charge < -0.3 is 19.1 Å². The van der Waals surface area contributed by atoms with E-state index in [2.05, 4.69) is 5.16 Å². The second-order valence-corrected chi connectivity index (χ2v) is 6.01. The average Bonchev–Trinajstić information content (AvgIpc) is 3.06. The summed E-state index contributed by atoms with van der Waals surface area (Å²) in [7, 11) is 3.09. The third-order valence-electron chi connectivity index (χ3n) is 3.78. The van der Waals surface area contributed by atoms with Gasteiger partial charge in [-0.05, 0) is 30.3 Å². The molecule has 0 aliphatic rings. The fourth-order valence-corrected chi connectivity index (χ4v) is 3.00. The van der Waals surface area contributed by atoms with E-state index in [1.165, 1.54) is 7.11 Å². The molecule has 1 heterocycles. The minimum atomic E-state index is -0.294. The van der Waals surface area contributed by atoms with Gasteiger partial charge in [0.15, 0.2) is 17.3 Å². The number of benzene rings is 2. The SMILES string of the molecule is COc1cccc(-c2noc(-c3cc(Cl)ccc3Cl)c2CO)c1OC. The second kappa shape index (κ2) is 7.35. The summed E-state index contributed by atoms with van der Waals surface area (Å²) in [5, 5.41) is 15.0. The van der Waals surface area contributed by atoms with Crippen molar-refractivity contribution in [1.29, 1.82) is 0 Å². The number of aliphatic hydroxyl groups excluding tert-OH is 1. The zero-order valence-corrected chi connectivity index (χ0v) is 15.1. The van der Waals surface area contributed by atoms with Gasteiger partial charge in [0.2, 0.25) is 0 Å². The average molecular weight is 380 g/mol. The van der Waals surface area contributed by atoms with Gasteiger partial charge in [-0.2, -0.15) is 0 Å². The first kappa shape index (κ1) is 17.6. The van der Waals surface area contributed by atoms with Crippen molar-refractivity contribution in [3.8, 4) is 34.1 Å². The van der Waals surface area contributed by atoms with Gasteiger partial charge >= 0.3 is 0 Å². The fraction of sp³-hybridized carbons (Fsp3) is 0.167. The van der Waals surface area contributed by atoms with Crippen LogP contribution in [0.2, 0.25) is 10.0 Å². The molecule has 130 valence electrons. The summed E-state index contributed by atoms with van der Waals surface area (Å²) in [5.41, 5.74) is 2.12. The molecule has 0 aliphatic heterocycles. The summed E-state index contributed by atoms with van der Waals surface area (Å²) >= 11 is 12.3. The predicted molar refractivity (Wildman–Crippen MR) is 96.4 cm³/mol. The molecule has 25 heavy (non-hydrogen) atoms. The number of nitrogens with zero attached hydrogens (tertiary/aromatic N) is 1. The molecule has 0 bridgehead atoms. The number of hydrogen-bond acceptors (Lipinski definition) is 5. The first-order valence-corrected chi connectivity index (χ1v) is 8.12. The molecule has 0 aliphatic carbocycles. The topological polar surface area (TPSA) is 64.7 Å². The van der Waals surface area contributed by atoms with E-state index >= 15 is 0 Å². The monoisotopic (exact) mass is 379 g/mol. The summed E-state index contributed by atoms with van der Waals surface area (Å²) in [4.78, 5) is 0. The van der Waals surface area contributed by atoms with Crippen LogP contribution < -0.4 is 9.47 Å². The Kier molecular flexibility index (Phi) is 5.18. The van der Waals surface area contributed by atoms with Gasteiger partial charge in [0.05, 0.1) is 37.0 Å². The molecule has 1 aromatic heterocycles. The Morgan fingerprint density at radius 2 is 1.88 bits per heavy atom. The molecule has 0 amide bonds. The Hall–Kier alpha value is -2.21. The Bertz CT molecular complexity index is 908. The first-order valence-electron chi connectivity index (χ1n) is 7.36. The third-order valence-corrected chi connectivity index (χ3v) is 4.34.